The molecule has 3 aromatic carbocycles. The van der Waals surface area contributed by atoms with Crippen molar-refractivity contribution in [3.63, 3.8) is 0 Å². The summed E-state index contributed by atoms with van der Waals surface area (Å²) in [4.78, 5) is 5.00. The Morgan fingerprint density at radius 1 is 0.722 bits per heavy atom. The fourth-order valence-corrected chi connectivity index (χ4v) is 5.37. The molecule has 180 valence electrons. The summed E-state index contributed by atoms with van der Waals surface area (Å²) in [6.45, 7) is 7.34. The first kappa shape index (κ1) is 22.6. The van der Waals surface area contributed by atoms with Gasteiger partial charge in [-0.05, 0) is 36.8 Å². The van der Waals surface area contributed by atoms with Crippen LogP contribution in [0.15, 0.2) is 91.3 Å². The maximum absolute atomic E-state index is 4.58. The molecule has 0 aliphatic carbocycles. The first-order valence-electron chi connectivity index (χ1n) is 12.3. The number of aromatic nitrogens is 4. The van der Waals surface area contributed by atoms with Crippen LogP contribution in [0.25, 0.3) is 26.8 Å². The van der Waals surface area contributed by atoms with E-state index in [-0.39, 0.29) is 0 Å². The molecule has 5 aromatic rings. The zero-order chi connectivity index (χ0) is 24.3. The van der Waals surface area contributed by atoms with Crippen molar-refractivity contribution in [2.24, 2.45) is 0 Å². The van der Waals surface area contributed by atoms with Gasteiger partial charge in [0.25, 0.3) is 0 Å². The fraction of sp³-hybridized carbons (Fsp3) is 0.207. The zero-order valence-corrected chi connectivity index (χ0v) is 21.1. The van der Waals surface area contributed by atoms with Crippen molar-refractivity contribution >= 4 is 17.0 Å². The van der Waals surface area contributed by atoms with E-state index >= 15 is 0 Å². The standard InChI is InChI=1S/C29H28N6S/c1-22-7-11-24(12-8-22)28-31-32-29(36-28)25-19-30-35(21-25)27-13-9-23(10-14-27)20-33-15-17-34(18-16-33)26-5-3-2-4-6-26/h2-14,19,21H,15-18,20H2,1H3. The van der Waals surface area contributed by atoms with Gasteiger partial charge in [-0.2, -0.15) is 5.10 Å². The number of para-hydroxylation sites is 1. The number of benzene rings is 3. The van der Waals surface area contributed by atoms with Gasteiger partial charge in [-0.15, -0.1) is 10.2 Å². The second kappa shape index (κ2) is 10.0. The molecule has 36 heavy (non-hydrogen) atoms. The third-order valence-corrected chi connectivity index (χ3v) is 7.68. The van der Waals surface area contributed by atoms with E-state index in [0.717, 1.165) is 59.6 Å². The maximum Gasteiger partial charge on any atom is 0.151 e. The van der Waals surface area contributed by atoms with Crippen molar-refractivity contribution in [3.8, 4) is 26.8 Å². The molecule has 0 N–H and O–H groups in total. The highest BCUT2D eigenvalue weighted by atomic mass is 32.1. The second-order valence-corrected chi connectivity index (χ2v) is 10.2. The molecule has 0 amide bonds. The van der Waals surface area contributed by atoms with Crippen molar-refractivity contribution < 1.29 is 0 Å². The Balaban J connectivity index is 1.08. The van der Waals surface area contributed by atoms with E-state index in [1.807, 2.05) is 17.1 Å². The quantitative estimate of drug-likeness (QED) is 0.305. The van der Waals surface area contributed by atoms with Crippen LogP contribution in [0.4, 0.5) is 5.69 Å². The summed E-state index contributed by atoms with van der Waals surface area (Å²) in [5, 5.41) is 15.2. The summed E-state index contributed by atoms with van der Waals surface area (Å²) in [5.41, 5.74) is 7.00. The molecule has 0 radical (unpaired) electrons. The molecule has 2 aromatic heterocycles. The Hall–Kier alpha value is -3.81. The Morgan fingerprint density at radius 3 is 2.14 bits per heavy atom. The number of aryl methyl sites for hydroxylation is 1. The van der Waals surface area contributed by atoms with Gasteiger partial charge in [0.1, 0.15) is 5.01 Å². The first-order chi connectivity index (χ1) is 17.7. The highest BCUT2D eigenvalue weighted by Gasteiger charge is 2.17. The normalized spacial score (nSPS) is 14.3. The van der Waals surface area contributed by atoms with Gasteiger partial charge in [0.2, 0.25) is 0 Å². The third-order valence-electron chi connectivity index (χ3n) is 6.65. The summed E-state index contributed by atoms with van der Waals surface area (Å²) >= 11 is 1.59. The molecule has 6 rings (SSSR count). The lowest BCUT2D eigenvalue weighted by Crippen LogP contribution is -2.45. The van der Waals surface area contributed by atoms with E-state index in [1.165, 1.54) is 16.8 Å². The van der Waals surface area contributed by atoms with Crippen LogP contribution >= 0.6 is 11.3 Å². The molecule has 1 aliphatic rings. The number of piperazine rings is 1. The molecule has 3 heterocycles. The van der Waals surface area contributed by atoms with E-state index in [9.17, 15) is 0 Å². The molecular weight excluding hydrogens is 464 g/mol. The minimum absolute atomic E-state index is 0.878. The van der Waals surface area contributed by atoms with Crippen LogP contribution in [-0.2, 0) is 6.54 Å². The van der Waals surface area contributed by atoms with Gasteiger partial charge in [-0.3, -0.25) is 4.90 Å². The van der Waals surface area contributed by atoms with Gasteiger partial charge in [-0.1, -0.05) is 71.5 Å². The van der Waals surface area contributed by atoms with Crippen LogP contribution < -0.4 is 4.90 Å². The number of nitrogens with zero attached hydrogens (tertiary/aromatic N) is 6. The van der Waals surface area contributed by atoms with Crippen LogP contribution in [0.3, 0.4) is 0 Å². The van der Waals surface area contributed by atoms with Crippen LogP contribution in [0.1, 0.15) is 11.1 Å². The lowest BCUT2D eigenvalue weighted by molar-refractivity contribution is 0.250. The van der Waals surface area contributed by atoms with Gasteiger partial charge < -0.3 is 4.90 Å². The molecule has 7 heteroatoms. The lowest BCUT2D eigenvalue weighted by Gasteiger charge is -2.36. The monoisotopic (exact) mass is 492 g/mol. The van der Waals surface area contributed by atoms with E-state index in [2.05, 4.69) is 111 Å². The van der Waals surface area contributed by atoms with Crippen molar-refractivity contribution in [1.29, 1.82) is 0 Å². The van der Waals surface area contributed by atoms with Gasteiger partial charge in [0.05, 0.1) is 17.4 Å². The van der Waals surface area contributed by atoms with Gasteiger partial charge in [0, 0.05) is 50.2 Å². The van der Waals surface area contributed by atoms with Crippen LogP contribution in [0.5, 0.6) is 0 Å². The second-order valence-electron chi connectivity index (χ2n) is 9.22. The number of rotatable bonds is 6. The SMILES string of the molecule is Cc1ccc(-c2nnc(-c3cnn(-c4ccc(CN5CCN(c6ccccc6)CC5)cc4)c3)s2)cc1. The molecule has 0 atom stereocenters. The van der Waals surface area contributed by atoms with Crippen LogP contribution in [-0.4, -0.2) is 51.1 Å². The summed E-state index contributed by atoms with van der Waals surface area (Å²) in [7, 11) is 0. The topological polar surface area (TPSA) is 50.1 Å². The van der Waals surface area contributed by atoms with Gasteiger partial charge in [-0.25, -0.2) is 4.68 Å². The van der Waals surface area contributed by atoms with Crippen LogP contribution in [0, 0.1) is 6.92 Å². The fourth-order valence-electron chi connectivity index (χ4n) is 4.54. The van der Waals surface area contributed by atoms with Crippen LogP contribution in [0.2, 0.25) is 0 Å². The number of hydrogen-bond donors (Lipinski definition) is 0. The van der Waals surface area contributed by atoms with Crippen molar-refractivity contribution in [1.82, 2.24) is 24.9 Å². The molecule has 1 aliphatic heterocycles. The van der Waals surface area contributed by atoms with Gasteiger partial charge >= 0.3 is 0 Å². The molecule has 6 nitrogen and oxygen atoms in total. The first-order valence-corrected chi connectivity index (χ1v) is 13.1. The predicted molar refractivity (Wildman–Crippen MR) is 147 cm³/mol. The Labute approximate surface area is 215 Å². The molecule has 0 spiro atoms. The summed E-state index contributed by atoms with van der Waals surface area (Å²) in [5.74, 6) is 0. The minimum Gasteiger partial charge on any atom is -0.369 e. The Kier molecular flexibility index (Phi) is 6.32. The van der Waals surface area contributed by atoms with Crippen molar-refractivity contribution in [3.05, 3.63) is 102 Å². The Morgan fingerprint density at radius 2 is 1.42 bits per heavy atom. The predicted octanol–water partition coefficient (Wildman–Crippen LogP) is 5.69. The largest absolute Gasteiger partial charge is 0.369 e. The summed E-state index contributed by atoms with van der Waals surface area (Å²) in [6.07, 6.45) is 3.89. The molecule has 0 saturated carbocycles. The number of anilines is 1. The van der Waals surface area contributed by atoms with E-state index < -0.39 is 0 Å². The molecule has 1 fully saturated rings. The molecular formula is C29H28N6S. The smallest absolute Gasteiger partial charge is 0.151 e. The average Bonchev–Trinajstić information content (AvgIpc) is 3.61. The molecule has 0 bridgehead atoms. The minimum atomic E-state index is 0.878. The van der Waals surface area contributed by atoms with Crippen molar-refractivity contribution in [2.75, 3.05) is 31.1 Å². The number of hydrogen-bond acceptors (Lipinski definition) is 6. The summed E-state index contributed by atoms with van der Waals surface area (Å²) in [6, 6.07) is 27.8. The van der Waals surface area contributed by atoms with Crippen molar-refractivity contribution in [2.45, 2.75) is 13.5 Å². The average molecular weight is 493 g/mol. The van der Waals surface area contributed by atoms with E-state index in [0.29, 0.717) is 0 Å². The Bertz CT molecular complexity index is 1410. The van der Waals surface area contributed by atoms with E-state index in [1.54, 1.807) is 11.3 Å². The lowest BCUT2D eigenvalue weighted by atomic mass is 10.1. The van der Waals surface area contributed by atoms with Gasteiger partial charge in [0.15, 0.2) is 5.01 Å². The zero-order valence-electron chi connectivity index (χ0n) is 20.3. The summed E-state index contributed by atoms with van der Waals surface area (Å²) < 4.78 is 1.91. The highest BCUT2D eigenvalue weighted by molar-refractivity contribution is 7.17. The van der Waals surface area contributed by atoms with E-state index in [4.69, 9.17) is 0 Å². The third kappa shape index (κ3) is 4.94. The maximum atomic E-state index is 4.58. The molecule has 1 saturated heterocycles. The molecule has 0 unspecified atom stereocenters. The highest BCUT2D eigenvalue weighted by Crippen LogP contribution is 2.30.